The smallest absolute Gasteiger partial charge is 0.0547 e. The van der Waals surface area contributed by atoms with Crippen LogP contribution in [-0.2, 0) is 0 Å². The Labute approximate surface area is 362 Å². The average Bonchev–Trinajstić information content (AvgIpc) is 3.70. The van der Waals surface area contributed by atoms with Crippen LogP contribution in [0.25, 0.3) is 83.1 Å². The van der Waals surface area contributed by atoms with Crippen molar-refractivity contribution in [1.29, 1.82) is 0 Å². The highest BCUT2D eigenvalue weighted by molar-refractivity contribution is 6.16. The molecule has 11 rings (SSSR count). The van der Waals surface area contributed by atoms with Crippen molar-refractivity contribution < 1.29 is 0 Å². The minimum absolute atomic E-state index is 1.07. The maximum absolute atomic E-state index is 2.47. The van der Waals surface area contributed by atoms with Crippen LogP contribution in [-0.4, -0.2) is 4.57 Å². The molecule has 0 amide bonds. The van der Waals surface area contributed by atoms with Gasteiger partial charge in [-0.2, -0.15) is 0 Å². The fourth-order valence-electron chi connectivity index (χ4n) is 9.25. The maximum atomic E-state index is 2.47. The molecule has 0 bridgehead atoms. The summed E-state index contributed by atoms with van der Waals surface area (Å²) in [5.41, 5.74) is 18.5. The van der Waals surface area contributed by atoms with E-state index in [1.807, 2.05) is 0 Å². The van der Waals surface area contributed by atoms with E-state index in [1.54, 1.807) is 0 Å². The van der Waals surface area contributed by atoms with Crippen LogP contribution in [0, 0.1) is 0 Å². The third-order valence-corrected chi connectivity index (χ3v) is 12.0. The number of nitrogens with zero attached hydrogens (tertiary/aromatic N) is 2. The summed E-state index contributed by atoms with van der Waals surface area (Å²) in [6.07, 6.45) is 0. The fraction of sp³-hybridized carbons (Fsp3) is 0. The highest BCUT2D eigenvalue weighted by atomic mass is 15.1. The van der Waals surface area contributed by atoms with E-state index in [1.165, 1.54) is 66.3 Å². The lowest BCUT2D eigenvalue weighted by atomic mass is 9.87. The summed E-state index contributed by atoms with van der Waals surface area (Å²) in [6, 6.07) is 92.2. The number of aromatic nitrogens is 1. The Morgan fingerprint density at radius 2 is 0.758 bits per heavy atom. The molecule has 2 heteroatoms. The van der Waals surface area contributed by atoms with Gasteiger partial charge in [0, 0.05) is 33.4 Å². The number of fused-ring (bicyclic) bond motifs is 3. The van der Waals surface area contributed by atoms with Gasteiger partial charge in [-0.1, -0.05) is 200 Å². The fourth-order valence-corrected chi connectivity index (χ4v) is 9.25. The van der Waals surface area contributed by atoms with E-state index in [9.17, 15) is 0 Å². The first-order valence-corrected chi connectivity index (χ1v) is 21.3. The number of rotatable bonds is 9. The molecule has 11 aromatic rings. The van der Waals surface area contributed by atoms with Crippen molar-refractivity contribution in [3.05, 3.63) is 255 Å². The van der Waals surface area contributed by atoms with Crippen molar-refractivity contribution >= 4 is 38.9 Å². The van der Waals surface area contributed by atoms with Gasteiger partial charge < -0.3 is 9.47 Å². The molecular formula is C60H42N2. The molecule has 0 aliphatic heterocycles. The molecule has 0 spiro atoms. The van der Waals surface area contributed by atoms with Crippen molar-refractivity contribution in [2.75, 3.05) is 4.90 Å². The highest BCUT2D eigenvalue weighted by Crippen LogP contribution is 2.49. The van der Waals surface area contributed by atoms with Crippen molar-refractivity contribution in [3.63, 3.8) is 0 Å². The van der Waals surface area contributed by atoms with Crippen molar-refractivity contribution in [3.8, 4) is 61.3 Å². The zero-order valence-electron chi connectivity index (χ0n) is 34.1. The Hall–Kier alpha value is -8.20. The molecule has 0 fully saturated rings. The second-order valence-electron chi connectivity index (χ2n) is 15.7. The molecule has 0 unspecified atom stereocenters. The minimum atomic E-state index is 1.07. The highest BCUT2D eigenvalue weighted by Gasteiger charge is 2.24. The van der Waals surface area contributed by atoms with Gasteiger partial charge in [-0.05, 0) is 105 Å². The van der Waals surface area contributed by atoms with Crippen molar-refractivity contribution in [2.45, 2.75) is 0 Å². The summed E-state index contributed by atoms with van der Waals surface area (Å²) in [5, 5.41) is 2.47. The number of anilines is 3. The lowest BCUT2D eigenvalue weighted by Crippen LogP contribution is -2.12. The van der Waals surface area contributed by atoms with Crippen LogP contribution in [0.1, 0.15) is 0 Å². The Morgan fingerprint density at radius 1 is 0.290 bits per heavy atom. The van der Waals surface area contributed by atoms with Crippen LogP contribution < -0.4 is 4.90 Å². The summed E-state index contributed by atoms with van der Waals surface area (Å²) in [4.78, 5) is 2.47. The number of hydrogen-bond donors (Lipinski definition) is 0. The van der Waals surface area contributed by atoms with E-state index >= 15 is 0 Å². The predicted molar refractivity (Wildman–Crippen MR) is 263 cm³/mol. The third kappa shape index (κ3) is 6.65. The Morgan fingerprint density at radius 3 is 1.47 bits per heavy atom. The van der Waals surface area contributed by atoms with Gasteiger partial charge in [-0.15, -0.1) is 0 Å². The van der Waals surface area contributed by atoms with Gasteiger partial charge >= 0.3 is 0 Å². The molecule has 1 heterocycles. The van der Waals surface area contributed by atoms with Crippen LogP contribution >= 0.6 is 0 Å². The van der Waals surface area contributed by atoms with Crippen LogP contribution in [0.3, 0.4) is 0 Å². The normalized spacial score (nSPS) is 11.2. The molecule has 0 saturated carbocycles. The van der Waals surface area contributed by atoms with E-state index in [4.69, 9.17) is 0 Å². The Kier molecular flexibility index (Phi) is 9.57. The summed E-state index contributed by atoms with van der Waals surface area (Å²) in [5.74, 6) is 0. The first-order valence-electron chi connectivity index (χ1n) is 21.3. The predicted octanol–water partition coefficient (Wildman–Crippen LogP) is 16.6. The van der Waals surface area contributed by atoms with Gasteiger partial charge in [0.05, 0.1) is 16.7 Å². The zero-order valence-corrected chi connectivity index (χ0v) is 34.1. The van der Waals surface area contributed by atoms with E-state index < -0.39 is 0 Å². The van der Waals surface area contributed by atoms with Gasteiger partial charge in [-0.3, -0.25) is 0 Å². The first-order chi connectivity index (χ1) is 30.8. The molecular weight excluding hydrogens is 749 g/mol. The zero-order chi connectivity index (χ0) is 41.2. The molecule has 0 N–H and O–H groups in total. The van der Waals surface area contributed by atoms with Gasteiger partial charge in [0.25, 0.3) is 0 Å². The molecule has 0 atom stereocenters. The molecule has 0 radical (unpaired) electrons. The average molecular weight is 791 g/mol. The van der Waals surface area contributed by atoms with Gasteiger partial charge in [-0.25, -0.2) is 0 Å². The van der Waals surface area contributed by atoms with E-state index in [-0.39, 0.29) is 0 Å². The number of hydrogen-bond acceptors (Lipinski definition) is 1. The minimum Gasteiger partial charge on any atom is -0.310 e. The SMILES string of the molecule is c1ccc(-c2cccc(N(c3cccc(-c4cccc5c4c4ccccc4n5-c4ccccc4)c3)c3cccc(-c4ccccc4)c3-c3ccccc3-c3ccccc3)c2)cc1. The van der Waals surface area contributed by atoms with Gasteiger partial charge in [0.15, 0.2) is 0 Å². The summed E-state index contributed by atoms with van der Waals surface area (Å²) < 4.78 is 2.39. The van der Waals surface area contributed by atoms with E-state index in [0.29, 0.717) is 0 Å². The third-order valence-electron chi connectivity index (χ3n) is 12.0. The first kappa shape index (κ1) is 36.8. The second-order valence-corrected chi connectivity index (χ2v) is 15.7. The number of benzene rings is 10. The summed E-state index contributed by atoms with van der Waals surface area (Å²) >= 11 is 0. The van der Waals surface area contributed by atoms with Crippen LogP contribution in [0.5, 0.6) is 0 Å². The van der Waals surface area contributed by atoms with Crippen LogP contribution in [0.15, 0.2) is 255 Å². The van der Waals surface area contributed by atoms with Crippen LogP contribution in [0.2, 0.25) is 0 Å². The standard InChI is InChI=1S/C60H42N2/c1-5-21-43(22-6-1)46-27-17-31-49(41-46)61(57-39-19-36-52(45-25-9-3-10-26-45)59(57)54-34-14-13-33-51(54)44-23-7-2-8-24-44)50-32-18-28-47(42-50)53-37-20-40-58-60(53)55-35-15-16-38-56(55)62(58)48-29-11-4-12-30-48/h1-42H. The Balaban J connectivity index is 1.18. The Bertz CT molecular complexity index is 3330. The lowest BCUT2D eigenvalue weighted by Gasteiger charge is -2.30. The largest absolute Gasteiger partial charge is 0.310 e. The molecule has 10 aromatic carbocycles. The van der Waals surface area contributed by atoms with Crippen molar-refractivity contribution in [2.24, 2.45) is 0 Å². The van der Waals surface area contributed by atoms with Gasteiger partial charge in [0.1, 0.15) is 0 Å². The molecule has 62 heavy (non-hydrogen) atoms. The molecule has 1 aromatic heterocycles. The van der Waals surface area contributed by atoms with E-state index in [0.717, 1.165) is 33.9 Å². The monoisotopic (exact) mass is 790 g/mol. The number of para-hydroxylation sites is 2. The molecule has 2 nitrogen and oxygen atoms in total. The topological polar surface area (TPSA) is 8.17 Å². The maximum Gasteiger partial charge on any atom is 0.0547 e. The van der Waals surface area contributed by atoms with Gasteiger partial charge in [0.2, 0.25) is 0 Å². The van der Waals surface area contributed by atoms with Crippen LogP contribution in [0.4, 0.5) is 17.1 Å². The second kappa shape index (κ2) is 16.1. The van der Waals surface area contributed by atoms with E-state index in [2.05, 4.69) is 264 Å². The molecule has 0 aliphatic rings. The molecule has 0 aliphatic carbocycles. The quantitative estimate of drug-likeness (QED) is 0.141. The molecule has 0 saturated heterocycles. The molecule has 292 valence electrons. The summed E-state index contributed by atoms with van der Waals surface area (Å²) in [6.45, 7) is 0. The lowest BCUT2D eigenvalue weighted by molar-refractivity contribution is 1.18. The van der Waals surface area contributed by atoms with Crippen molar-refractivity contribution in [1.82, 2.24) is 4.57 Å². The summed E-state index contributed by atoms with van der Waals surface area (Å²) in [7, 11) is 0.